The van der Waals surface area contributed by atoms with Gasteiger partial charge in [-0.15, -0.1) is 22.7 Å². The summed E-state index contributed by atoms with van der Waals surface area (Å²) >= 11 is 6.33. The van der Waals surface area contributed by atoms with Gasteiger partial charge in [0.15, 0.2) is 0 Å². The standard InChI is InChI=1S/C15H18INS2/c1-9-6-7-13(18-9)10(2)17-12-4-3-5-14-11(12)8-15(16)19-14/h6-8,10,12,17H,3-5H2,1-2H3. The first kappa shape index (κ1) is 14.0. The topological polar surface area (TPSA) is 12.0 Å². The lowest BCUT2D eigenvalue weighted by Crippen LogP contribution is -2.26. The third-order valence-electron chi connectivity index (χ3n) is 3.72. The van der Waals surface area contributed by atoms with Gasteiger partial charge in [-0.25, -0.2) is 0 Å². The van der Waals surface area contributed by atoms with Crippen LogP contribution in [0.25, 0.3) is 0 Å². The van der Waals surface area contributed by atoms with E-state index in [9.17, 15) is 0 Å². The van der Waals surface area contributed by atoms with Gasteiger partial charge in [0, 0.05) is 26.7 Å². The summed E-state index contributed by atoms with van der Waals surface area (Å²) in [4.78, 5) is 4.45. The van der Waals surface area contributed by atoms with Crippen molar-refractivity contribution in [2.75, 3.05) is 0 Å². The molecule has 0 radical (unpaired) electrons. The van der Waals surface area contributed by atoms with Crippen molar-refractivity contribution < 1.29 is 0 Å². The molecule has 0 saturated carbocycles. The summed E-state index contributed by atoms with van der Waals surface area (Å²) in [5.74, 6) is 0. The first-order valence-electron chi connectivity index (χ1n) is 6.74. The van der Waals surface area contributed by atoms with Crippen LogP contribution in [0.2, 0.25) is 0 Å². The predicted molar refractivity (Wildman–Crippen MR) is 93.3 cm³/mol. The first-order valence-corrected chi connectivity index (χ1v) is 9.45. The van der Waals surface area contributed by atoms with E-state index < -0.39 is 0 Å². The van der Waals surface area contributed by atoms with Crippen molar-refractivity contribution in [3.05, 3.63) is 41.3 Å². The van der Waals surface area contributed by atoms with E-state index in [2.05, 4.69) is 60.0 Å². The summed E-state index contributed by atoms with van der Waals surface area (Å²) in [6.07, 6.45) is 3.86. The van der Waals surface area contributed by atoms with Crippen LogP contribution in [0.4, 0.5) is 0 Å². The van der Waals surface area contributed by atoms with Crippen LogP contribution in [0.5, 0.6) is 0 Å². The Hall–Kier alpha value is 0.0900. The van der Waals surface area contributed by atoms with Gasteiger partial charge in [-0.05, 0) is 79.5 Å². The summed E-state index contributed by atoms with van der Waals surface area (Å²) in [6, 6.07) is 7.86. The molecule has 1 N–H and O–H groups in total. The minimum absolute atomic E-state index is 0.451. The van der Waals surface area contributed by atoms with E-state index in [1.807, 2.05) is 22.7 Å². The molecule has 1 aliphatic rings. The van der Waals surface area contributed by atoms with Crippen LogP contribution in [0.15, 0.2) is 18.2 Å². The van der Waals surface area contributed by atoms with E-state index in [-0.39, 0.29) is 0 Å². The van der Waals surface area contributed by atoms with Gasteiger partial charge >= 0.3 is 0 Å². The number of nitrogens with one attached hydrogen (secondary N) is 1. The summed E-state index contributed by atoms with van der Waals surface area (Å²) < 4.78 is 1.43. The van der Waals surface area contributed by atoms with Crippen molar-refractivity contribution in [1.29, 1.82) is 0 Å². The molecule has 3 rings (SSSR count). The average Bonchev–Trinajstić information content (AvgIpc) is 2.95. The van der Waals surface area contributed by atoms with Crippen molar-refractivity contribution in [3.8, 4) is 0 Å². The smallest absolute Gasteiger partial charge is 0.0659 e. The number of fused-ring (bicyclic) bond motifs is 1. The molecule has 0 saturated heterocycles. The zero-order valence-electron chi connectivity index (χ0n) is 11.2. The maximum absolute atomic E-state index is 3.83. The molecule has 4 heteroatoms. The highest BCUT2D eigenvalue weighted by molar-refractivity contribution is 14.1. The fourth-order valence-electron chi connectivity index (χ4n) is 2.76. The molecular weight excluding hydrogens is 385 g/mol. The molecular formula is C15H18INS2. The zero-order chi connectivity index (χ0) is 13.4. The molecule has 0 fully saturated rings. The van der Waals surface area contributed by atoms with Gasteiger partial charge in [-0.1, -0.05) is 0 Å². The van der Waals surface area contributed by atoms with Crippen LogP contribution in [-0.2, 0) is 6.42 Å². The fraction of sp³-hybridized carbons (Fsp3) is 0.467. The third kappa shape index (κ3) is 3.06. The molecule has 0 amide bonds. The Morgan fingerprint density at radius 2 is 2.21 bits per heavy atom. The van der Waals surface area contributed by atoms with Crippen LogP contribution in [0.3, 0.4) is 0 Å². The second kappa shape index (κ2) is 5.84. The quantitative estimate of drug-likeness (QED) is 0.672. The largest absolute Gasteiger partial charge is 0.303 e. The van der Waals surface area contributed by atoms with E-state index in [1.54, 1.807) is 10.4 Å². The minimum atomic E-state index is 0.451. The van der Waals surface area contributed by atoms with Gasteiger partial charge in [0.1, 0.15) is 0 Å². The Labute approximate surface area is 136 Å². The molecule has 1 nitrogen and oxygen atoms in total. The lowest BCUT2D eigenvalue weighted by Gasteiger charge is -2.26. The summed E-state index contributed by atoms with van der Waals surface area (Å²) in [5, 5.41) is 3.83. The lowest BCUT2D eigenvalue weighted by atomic mass is 9.93. The highest BCUT2D eigenvalue weighted by atomic mass is 127. The lowest BCUT2D eigenvalue weighted by molar-refractivity contribution is 0.421. The molecule has 2 heterocycles. The number of thiophene rings is 2. The van der Waals surface area contributed by atoms with Gasteiger partial charge < -0.3 is 5.32 Å². The van der Waals surface area contributed by atoms with Crippen LogP contribution < -0.4 is 5.32 Å². The van der Waals surface area contributed by atoms with Gasteiger partial charge in [0.2, 0.25) is 0 Å². The number of rotatable bonds is 3. The third-order valence-corrected chi connectivity index (χ3v) is 6.88. The molecule has 2 atom stereocenters. The van der Waals surface area contributed by atoms with Crippen LogP contribution in [-0.4, -0.2) is 0 Å². The molecule has 2 aromatic rings. The van der Waals surface area contributed by atoms with Crippen LogP contribution in [0.1, 0.15) is 52.0 Å². The average molecular weight is 403 g/mol. The van der Waals surface area contributed by atoms with Crippen molar-refractivity contribution in [1.82, 2.24) is 5.32 Å². The molecule has 19 heavy (non-hydrogen) atoms. The summed E-state index contributed by atoms with van der Waals surface area (Å²) in [6.45, 7) is 4.47. The zero-order valence-corrected chi connectivity index (χ0v) is 15.0. The Morgan fingerprint density at radius 1 is 1.37 bits per heavy atom. The minimum Gasteiger partial charge on any atom is -0.303 e. The molecule has 2 unspecified atom stereocenters. The summed E-state index contributed by atoms with van der Waals surface area (Å²) in [5.41, 5.74) is 1.56. The van der Waals surface area contributed by atoms with E-state index in [1.165, 1.54) is 31.9 Å². The highest BCUT2D eigenvalue weighted by Gasteiger charge is 2.24. The van der Waals surface area contributed by atoms with Gasteiger partial charge in [0.25, 0.3) is 0 Å². The predicted octanol–water partition coefficient (Wildman–Crippen LogP) is 5.45. The van der Waals surface area contributed by atoms with Crippen molar-refractivity contribution >= 4 is 45.3 Å². The van der Waals surface area contributed by atoms with E-state index >= 15 is 0 Å². The monoisotopic (exact) mass is 403 g/mol. The van der Waals surface area contributed by atoms with Gasteiger partial charge in [0.05, 0.1) is 2.88 Å². The molecule has 102 valence electrons. The molecule has 0 aromatic carbocycles. The first-order chi connectivity index (χ1) is 9.13. The van der Waals surface area contributed by atoms with E-state index in [0.29, 0.717) is 12.1 Å². The molecule has 2 aromatic heterocycles. The van der Waals surface area contributed by atoms with Crippen molar-refractivity contribution in [2.24, 2.45) is 0 Å². The second-order valence-corrected chi connectivity index (χ2v) is 9.56. The normalized spacial score (nSPS) is 20.3. The second-order valence-electron chi connectivity index (χ2n) is 5.21. The Bertz CT molecular complexity index is 572. The fourth-order valence-corrected chi connectivity index (χ4v) is 5.77. The highest BCUT2D eigenvalue weighted by Crippen LogP contribution is 2.37. The van der Waals surface area contributed by atoms with Gasteiger partial charge in [-0.3, -0.25) is 0 Å². The maximum atomic E-state index is 3.83. The van der Waals surface area contributed by atoms with Crippen LogP contribution >= 0.6 is 45.3 Å². The van der Waals surface area contributed by atoms with Crippen molar-refractivity contribution in [3.63, 3.8) is 0 Å². The van der Waals surface area contributed by atoms with E-state index in [0.717, 1.165) is 0 Å². The van der Waals surface area contributed by atoms with Crippen LogP contribution in [0, 0.1) is 9.81 Å². The molecule has 0 spiro atoms. The molecule has 0 aliphatic heterocycles. The Kier molecular flexibility index (Phi) is 4.31. The number of hydrogen-bond donors (Lipinski definition) is 1. The Morgan fingerprint density at radius 3 is 2.95 bits per heavy atom. The SMILES string of the molecule is Cc1ccc(C(C)NC2CCCc3sc(I)cc32)s1. The number of halogens is 1. The summed E-state index contributed by atoms with van der Waals surface area (Å²) in [7, 11) is 0. The molecule has 1 aliphatic carbocycles. The molecule has 0 bridgehead atoms. The van der Waals surface area contributed by atoms with Gasteiger partial charge in [-0.2, -0.15) is 0 Å². The maximum Gasteiger partial charge on any atom is 0.0659 e. The van der Waals surface area contributed by atoms with E-state index in [4.69, 9.17) is 0 Å². The number of hydrogen-bond acceptors (Lipinski definition) is 3. The Balaban J connectivity index is 1.77. The number of aryl methyl sites for hydroxylation is 2. The van der Waals surface area contributed by atoms with Crippen molar-refractivity contribution in [2.45, 2.75) is 45.2 Å².